The number of hydrogen-bond donors (Lipinski definition) is 1. The Morgan fingerprint density at radius 2 is 1.80 bits per heavy atom. The number of carbonyl (C=O) groups is 1. The first-order chi connectivity index (χ1) is 14.6. The van der Waals surface area contributed by atoms with Crippen LogP contribution < -0.4 is 14.2 Å². The van der Waals surface area contributed by atoms with E-state index in [2.05, 4.69) is 4.90 Å². The van der Waals surface area contributed by atoms with E-state index < -0.39 is 0 Å². The molecule has 0 amide bonds. The van der Waals surface area contributed by atoms with Crippen molar-refractivity contribution in [1.82, 2.24) is 4.90 Å². The lowest BCUT2D eigenvalue weighted by atomic mass is 9.97. The maximum atomic E-state index is 13.1. The van der Waals surface area contributed by atoms with Crippen LogP contribution in [0.25, 0.3) is 6.08 Å². The van der Waals surface area contributed by atoms with Gasteiger partial charge in [0.2, 0.25) is 0 Å². The maximum Gasteiger partial charge on any atom is 0.196 e. The molecule has 2 aromatic rings. The first kappa shape index (κ1) is 20.3. The Balaban J connectivity index is 1.59. The average molecular weight is 409 g/mol. The van der Waals surface area contributed by atoms with Gasteiger partial charge < -0.3 is 19.3 Å². The summed E-state index contributed by atoms with van der Waals surface area (Å²) in [4.78, 5) is 15.4. The first-order valence-electron chi connectivity index (χ1n) is 10.3. The van der Waals surface area contributed by atoms with Gasteiger partial charge in [0.25, 0.3) is 0 Å². The van der Waals surface area contributed by atoms with Gasteiger partial charge in [-0.25, -0.2) is 0 Å². The largest absolute Gasteiger partial charge is 0.508 e. The summed E-state index contributed by atoms with van der Waals surface area (Å²) in [6.45, 7) is 3.01. The van der Waals surface area contributed by atoms with Gasteiger partial charge in [-0.15, -0.1) is 0 Å². The Labute approximate surface area is 176 Å². The molecular weight excluding hydrogens is 382 g/mol. The van der Waals surface area contributed by atoms with Crippen LogP contribution in [0.3, 0.4) is 0 Å². The Morgan fingerprint density at radius 3 is 2.53 bits per heavy atom. The van der Waals surface area contributed by atoms with E-state index in [0.717, 1.165) is 24.2 Å². The third-order valence-corrected chi connectivity index (χ3v) is 5.69. The summed E-state index contributed by atoms with van der Waals surface area (Å²) in [7, 11) is 3.09. The van der Waals surface area contributed by atoms with Crippen LogP contribution in [0.4, 0.5) is 0 Å². The van der Waals surface area contributed by atoms with Crippen LogP contribution in [0.15, 0.2) is 35.9 Å². The number of nitrogens with zero attached hydrogens (tertiary/aromatic N) is 1. The Bertz CT molecular complexity index is 976. The minimum absolute atomic E-state index is 0.0946. The predicted octanol–water partition coefficient (Wildman–Crippen LogP) is 4.05. The molecule has 30 heavy (non-hydrogen) atoms. The molecule has 0 spiro atoms. The summed E-state index contributed by atoms with van der Waals surface area (Å²) in [5.74, 6) is 1.70. The van der Waals surface area contributed by atoms with E-state index in [0.29, 0.717) is 34.9 Å². The normalized spacial score (nSPS) is 18.1. The molecule has 4 rings (SSSR count). The Hall–Kier alpha value is -2.99. The topological polar surface area (TPSA) is 68.2 Å². The first-order valence-corrected chi connectivity index (χ1v) is 10.3. The summed E-state index contributed by atoms with van der Waals surface area (Å²) in [6, 6.07) is 8.80. The molecule has 0 unspecified atom stereocenters. The Morgan fingerprint density at radius 1 is 1.07 bits per heavy atom. The molecule has 6 nitrogen and oxygen atoms in total. The Kier molecular flexibility index (Phi) is 5.95. The lowest BCUT2D eigenvalue weighted by molar-refractivity contribution is 0.1000. The molecule has 0 saturated carbocycles. The quantitative estimate of drug-likeness (QED) is 0.752. The average Bonchev–Trinajstić information content (AvgIpc) is 2.78. The van der Waals surface area contributed by atoms with Crippen molar-refractivity contribution in [3.05, 3.63) is 52.6 Å². The third kappa shape index (κ3) is 4.14. The van der Waals surface area contributed by atoms with E-state index in [9.17, 15) is 9.90 Å². The summed E-state index contributed by atoms with van der Waals surface area (Å²) < 4.78 is 16.4. The fourth-order valence-electron chi connectivity index (χ4n) is 4.04. The zero-order valence-corrected chi connectivity index (χ0v) is 17.4. The highest BCUT2D eigenvalue weighted by Gasteiger charge is 2.26. The fraction of sp³-hybridized carbons (Fsp3) is 0.375. The third-order valence-electron chi connectivity index (χ3n) is 5.69. The van der Waals surface area contributed by atoms with Crippen molar-refractivity contribution >= 4 is 11.9 Å². The van der Waals surface area contributed by atoms with Gasteiger partial charge >= 0.3 is 0 Å². The van der Waals surface area contributed by atoms with Crippen molar-refractivity contribution < 1.29 is 24.1 Å². The second kappa shape index (κ2) is 8.79. The molecule has 0 aliphatic carbocycles. The van der Waals surface area contributed by atoms with Crippen LogP contribution in [-0.2, 0) is 6.54 Å². The van der Waals surface area contributed by atoms with Crippen LogP contribution in [0.5, 0.6) is 23.0 Å². The molecule has 6 heteroatoms. The zero-order chi connectivity index (χ0) is 21.1. The van der Waals surface area contributed by atoms with E-state index in [4.69, 9.17) is 14.2 Å². The number of phenolic OH excluding ortho intramolecular Hbond substituents is 1. The molecule has 0 radical (unpaired) electrons. The molecule has 2 aliphatic heterocycles. The van der Waals surface area contributed by atoms with Crippen LogP contribution >= 0.6 is 0 Å². The van der Waals surface area contributed by atoms with E-state index >= 15 is 0 Å². The molecule has 1 saturated heterocycles. The number of Topliss-reactive ketones (excluding diaryl/α,β-unsaturated/α-hetero) is 1. The summed E-state index contributed by atoms with van der Waals surface area (Å²) >= 11 is 0. The number of benzene rings is 2. The molecule has 2 heterocycles. The lowest BCUT2D eigenvalue weighted by Crippen LogP contribution is -2.29. The standard InChI is InChI=1S/C24H27NO5/c1-28-22-12-19-21(13-23(22)29-2)30-15-18(24(19)27)11-16-6-7-20(26)17(10-16)14-25-8-4-3-5-9-25/h6-7,10-13,26H,3-5,8-9,14-15H2,1-2H3/b18-11+. The summed E-state index contributed by atoms with van der Waals surface area (Å²) in [5, 5.41) is 10.3. The van der Waals surface area contributed by atoms with Gasteiger partial charge in [0.1, 0.15) is 18.1 Å². The van der Waals surface area contributed by atoms with Gasteiger partial charge in [0, 0.05) is 23.7 Å². The van der Waals surface area contributed by atoms with Crippen LogP contribution in [0.1, 0.15) is 40.7 Å². The van der Waals surface area contributed by atoms with Crippen molar-refractivity contribution in [2.24, 2.45) is 0 Å². The number of fused-ring (bicyclic) bond motifs is 1. The van der Waals surface area contributed by atoms with E-state index in [-0.39, 0.29) is 18.1 Å². The SMILES string of the molecule is COc1cc2c(cc1OC)C(=O)/C(=C/c1ccc(O)c(CN3CCCCC3)c1)CO2. The lowest BCUT2D eigenvalue weighted by Gasteiger charge is -2.26. The number of methoxy groups -OCH3 is 2. The van der Waals surface area contributed by atoms with Crippen LogP contribution in [0, 0.1) is 0 Å². The molecule has 0 bridgehead atoms. The van der Waals surface area contributed by atoms with Crippen molar-refractivity contribution in [1.29, 1.82) is 0 Å². The molecule has 1 fully saturated rings. The van der Waals surface area contributed by atoms with Gasteiger partial charge in [-0.2, -0.15) is 0 Å². The van der Waals surface area contributed by atoms with Gasteiger partial charge in [0.05, 0.1) is 19.8 Å². The van der Waals surface area contributed by atoms with Gasteiger partial charge in [-0.05, 0) is 55.8 Å². The molecule has 1 N–H and O–H groups in total. The number of ether oxygens (including phenoxy) is 3. The van der Waals surface area contributed by atoms with Crippen molar-refractivity contribution in [2.45, 2.75) is 25.8 Å². The zero-order valence-electron chi connectivity index (χ0n) is 17.4. The molecule has 0 aromatic heterocycles. The van der Waals surface area contributed by atoms with Crippen LogP contribution in [0.2, 0.25) is 0 Å². The summed E-state index contributed by atoms with van der Waals surface area (Å²) in [6.07, 6.45) is 5.50. The molecule has 0 atom stereocenters. The maximum absolute atomic E-state index is 13.1. The highest BCUT2D eigenvalue weighted by atomic mass is 16.5. The number of phenols is 1. The molecule has 2 aromatic carbocycles. The second-order valence-corrected chi connectivity index (χ2v) is 7.72. The highest BCUT2D eigenvalue weighted by Crippen LogP contribution is 2.38. The van der Waals surface area contributed by atoms with E-state index in [1.807, 2.05) is 18.2 Å². The molecule has 2 aliphatic rings. The monoisotopic (exact) mass is 409 g/mol. The number of ketones is 1. The van der Waals surface area contributed by atoms with Crippen LogP contribution in [-0.4, -0.2) is 49.7 Å². The van der Waals surface area contributed by atoms with Gasteiger partial charge in [-0.3, -0.25) is 9.69 Å². The van der Waals surface area contributed by atoms with E-state index in [1.54, 1.807) is 25.3 Å². The molecular formula is C24H27NO5. The van der Waals surface area contributed by atoms with Crippen molar-refractivity contribution in [2.75, 3.05) is 33.9 Å². The van der Waals surface area contributed by atoms with Gasteiger partial charge in [-0.1, -0.05) is 12.5 Å². The minimum atomic E-state index is -0.0946. The highest BCUT2D eigenvalue weighted by molar-refractivity contribution is 6.14. The van der Waals surface area contributed by atoms with Gasteiger partial charge in [0.15, 0.2) is 17.3 Å². The second-order valence-electron chi connectivity index (χ2n) is 7.72. The number of piperidine rings is 1. The van der Waals surface area contributed by atoms with Crippen molar-refractivity contribution in [3.63, 3.8) is 0 Å². The number of rotatable bonds is 5. The summed E-state index contributed by atoms with van der Waals surface area (Å²) in [5.41, 5.74) is 2.76. The number of carbonyl (C=O) groups excluding carboxylic acids is 1. The molecule has 158 valence electrons. The number of hydrogen-bond acceptors (Lipinski definition) is 6. The van der Waals surface area contributed by atoms with Crippen molar-refractivity contribution in [3.8, 4) is 23.0 Å². The number of aromatic hydroxyl groups is 1. The smallest absolute Gasteiger partial charge is 0.196 e. The predicted molar refractivity (Wildman–Crippen MR) is 115 cm³/mol. The van der Waals surface area contributed by atoms with E-state index in [1.165, 1.54) is 26.4 Å². The fourth-order valence-corrected chi connectivity index (χ4v) is 4.04. The number of likely N-dealkylation sites (tertiary alicyclic amines) is 1. The minimum Gasteiger partial charge on any atom is -0.508 e.